The standard InChI is InChI=1S/C15H12ClFN2O3/c16-10-6-7-11(12(17)8-10)14(21)18-19-15(22)13(20)9-4-2-1-3-5-9/h1-8,13,20H,(H,18,21)(H,19,22). The summed E-state index contributed by atoms with van der Waals surface area (Å²) in [7, 11) is 0. The number of aliphatic hydroxyl groups excluding tert-OH is 1. The van der Waals surface area contributed by atoms with E-state index in [-0.39, 0.29) is 10.6 Å². The third-order valence-electron chi connectivity index (χ3n) is 2.84. The lowest BCUT2D eigenvalue weighted by molar-refractivity contribution is -0.130. The number of carbonyl (C=O) groups excluding carboxylic acids is 2. The smallest absolute Gasteiger partial charge is 0.272 e. The summed E-state index contributed by atoms with van der Waals surface area (Å²) in [5.74, 6) is -2.51. The number of hydrogen-bond acceptors (Lipinski definition) is 3. The first-order chi connectivity index (χ1) is 10.5. The monoisotopic (exact) mass is 322 g/mol. The molecular formula is C15H12ClFN2O3. The second kappa shape index (κ2) is 7.02. The molecule has 2 aromatic carbocycles. The topological polar surface area (TPSA) is 78.4 Å². The van der Waals surface area contributed by atoms with Crippen molar-refractivity contribution in [3.63, 3.8) is 0 Å². The fourth-order valence-corrected chi connectivity index (χ4v) is 1.87. The number of hydrazine groups is 1. The van der Waals surface area contributed by atoms with Gasteiger partial charge in [-0.3, -0.25) is 20.4 Å². The molecule has 0 bridgehead atoms. The van der Waals surface area contributed by atoms with Gasteiger partial charge in [0, 0.05) is 5.02 Å². The maximum Gasteiger partial charge on any atom is 0.272 e. The minimum atomic E-state index is -1.45. The number of benzene rings is 2. The van der Waals surface area contributed by atoms with Gasteiger partial charge < -0.3 is 5.11 Å². The van der Waals surface area contributed by atoms with E-state index >= 15 is 0 Å². The summed E-state index contributed by atoms with van der Waals surface area (Å²) in [5, 5.41) is 9.96. The first-order valence-corrected chi connectivity index (χ1v) is 6.65. The number of carbonyl (C=O) groups is 2. The number of aliphatic hydroxyl groups is 1. The molecule has 0 aliphatic carbocycles. The van der Waals surface area contributed by atoms with Crippen LogP contribution in [0.3, 0.4) is 0 Å². The predicted molar refractivity (Wildman–Crippen MR) is 78.4 cm³/mol. The van der Waals surface area contributed by atoms with Gasteiger partial charge >= 0.3 is 0 Å². The zero-order valence-corrected chi connectivity index (χ0v) is 12.0. The van der Waals surface area contributed by atoms with Crippen LogP contribution in [-0.4, -0.2) is 16.9 Å². The molecule has 0 fully saturated rings. The third-order valence-corrected chi connectivity index (χ3v) is 3.07. The van der Waals surface area contributed by atoms with Crippen molar-refractivity contribution >= 4 is 23.4 Å². The van der Waals surface area contributed by atoms with Crippen molar-refractivity contribution in [2.24, 2.45) is 0 Å². The molecule has 22 heavy (non-hydrogen) atoms. The fourth-order valence-electron chi connectivity index (χ4n) is 1.71. The minimum Gasteiger partial charge on any atom is -0.378 e. The summed E-state index contributed by atoms with van der Waals surface area (Å²) in [4.78, 5) is 23.5. The quantitative estimate of drug-likeness (QED) is 0.756. The van der Waals surface area contributed by atoms with Crippen molar-refractivity contribution in [3.8, 4) is 0 Å². The highest BCUT2D eigenvalue weighted by atomic mass is 35.5. The molecule has 1 unspecified atom stereocenters. The lowest BCUT2D eigenvalue weighted by atomic mass is 10.1. The van der Waals surface area contributed by atoms with Crippen molar-refractivity contribution < 1.29 is 19.1 Å². The van der Waals surface area contributed by atoms with Crippen molar-refractivity contribution in [2.75, 3.05) is 0 Å². The minimum absolute atomic E-state index is 0.151. The largest absolute Gasteiger partial charge is 0.378 e. The Morgan fingerprint density at radius 2 is 1.77 bits per heavy atom. The van der Waals surface area contributed by atoms with E-state index in [1.807, 2.05) is 10.9 Å². The molecule has 2 amide bonds. The van der Waals surface area contributed by atoms with Crippen molar-refractivity contribution in [1.29, 1.82) is 0 Å². The normalized spacial score (nSPS) is 11.6. The van der Waals surface area contributed by atoms with Crippen molar-refractivity contribution in [3.05, 3.63) is 70.5 Å². The number of rotatable bonds is 3. The van der Waals surface area contributed by atoms with Crippen molar-refractivity contribution in [2.45, 2.75) is 6.10 Å². The molecule has 0 spiro atoms. The zero-order chi connectivity index (χ0) is 16.1. The van der Waals surface area contributed by atoms with E-state index in [1.165, 1.54) is 12.1 Å². The number of hydrogen-bond donors (Lipinski definition) is 3. The van der Waals surface area contributed by atoms with Crippen LogP contribution < -0.4 is 10.9 Å². The molecule has 0 aromatic heterocycles. The average Bonchev–Trinajstić information content (AvgIpc) is 2.52. The Balaban J connectivity index is 1.97. The van der Waals surface area contributed by atoms with Gasteiger partial charge in [0.15, 0.2) is 6.10 Å². The van der Waals surface area contributed by atoms with E-state index in [0.717, 1.165) is 6.07 Å². The predicted octanol–water partition coefficient (Wildman–Crippen LogP) is 1.97. The molecule has 0 saturated carbocycles. The second-order valence-electron chi connectivity index (χ2n) is 4.38. The van der Waals surface area contributed by atoms with E-state index in [2.05, 4.69) is 0 Å². The third kappa shape index (κ3) is 3.81. The van der Waals surface area contributed by atoms with Crippen LogP contribution in [0.1, 0.15) is 22.0 Å². The van der Waals surface area contributed by atoms with Crippen LogP contribution in [0.25, 0.3) is 0 Å². The van der Waals surface area contributed by atoms with Crippen LogP contribution in [0.4, 0.5) is 4.39 Å². The molecule has 0 aliphatic rings. The number of halogens is 2. The van der Waals surface area contributed by atoms with Gasteiger partial charge in [0.05, 0.1) is 5.56 Å². The van der Waals surface area contributed by atoms with Gasteiger partial charge in [-0.15, -0.1) is 0 Å². The van der Waals surface area contributed by atoms with Crippen molar-refractivity contribution in [1.82, 2.24) is 10.9 Å². The highest BCUT2D eigenvalue weighted by molar-refractivity contribution is 6.30. The summed E-state index contributed by atoms with van der Waals surface area (Å²) in [6, 6.07) is 11.7. The Labute approximate surface area is 130 Å². The number of nitrogens with one attached hydrogen (secondary N) is 2. The molecule has 0 radical (unpaired) electrons. The maximum absolute atomic E-state index is 13.5. The first kappa shape index (κ1) is 15.9. The van der Waals surface area contributed by atoms with E-state index in [9.17, 15) is 19.1 Å². The Hall–Kier alpha value is -2.44. The molecule has 5 nitrogen and oxygen atoms in total. The second-order valence-corrected chi connectivity index (χ2v) is 4.82. The lowest BCUT2D eigenvalue weighted by Crippen LogP contribution is -2.44. The van der Waals surface area contributed by atoms with Crippen LogP contribution in [0.5, 0.6) is 0 Å². The summed E-state index contributed by atoms with van der Waals surface area (Å²) < 4.78 is 13.5. The van der Waals surface area contributed by atoms with E-state index in [4.69, 9.17) is 11.6 Å². The van der Waals surface area contributed by atoms with E-state index < -0.39 is 23.7 Å². The van der Waals surface area contributed by atoms with Crippen LogP contribution >= 0.6 is 11.6 Å². The van der Waals surface area contributed by atoms with E-state index in [0.29, 0.717) is 5.56 Å². The molecule has 7 heteroatoms. The summed E-state index contributed by atoms with van der Waals surface area (Å²) >= 11 is 5.58. The molecule has 2 aromatic rings. The van der Waals surface area contributed by atoms with Crippen LogP contribution in [0.15, 0.2) is 48.5 Å². The summed E-state index contributed by atoms with van der Waals surface area (Å²) in [6.07, 6.45) is -1.45. The van der Waals surface area contributed by atoms with Gasteiger partial charge in [-0.05, 0) is 23.8 Å². The summed E-state index contributed by atoms with van der Waals surface area (Å²) in [6.45, 7) is 0. The molecular weight excluding hydrogens is 311 g/mol. The lowest BCUT2D eigenvalue weighted by Gasteiger charge is -2.12. The molecule has 114 valence electrons. The van der Waals surface area contributed by atoms with Crippen LogP contribution in [0.2, 0.25) is 5.02 Å². The molecule has 0 heterocycles. The Bertz CT molecular complexity index is 694. The Morgan fingerprint density at radius 3 is 2.41 bits per heavy atom. The molecule has 2 rings (SSSR count). The first-order valence-electron chi connectivity index (χ1n) is 6.27. The highest BCUT2D eigenvalue weighted by Crippen LogP contribution is 2.14. The Morgan fingerprint density at radius 1 is 1.09 bits per heavy atom. The van der Waals surface area contributed by atoms with Gasteiger partial charge in [0.1, 0.15) is 5.82 Å². The Kier molecular flexibility index (Phi) is 5.08. The number of amides is 2. The fraction of sp³-hybridized carbons (Fsp3) is 0.0667. The van der Waals surface area contributed by atoms with Gasteiger partial charge in [-0.2, -0.15) is 0 Å². The molecule has 3 N–H and O–H groups in total. The molecule has 0 saturated heterocycles. The zero-order valence-electron chi connectivity index (χ0n) is 11.2. The van der Waals surface area contributed by atoms with Crippen LogP contribution in [-0.2, 0) is 4.79 Å². The van der Waals surface area contributed by atoms with Gasteiger partial charge in [0.25, 0.3) is 11.8 Å². The van der Waals surface area contributed by atoms with E-state index in [1.54, 1.807) is 30.3 Å². The summed E-state index contributed by atoms with van der Waals surface area (Å²) in [5.41, 5.74) is 4.15. The molecule has 1 atom stereocenters. The van der Waals surface area contributed by atoms with Gasteiger partial charge in [-0.25, -0.2) is 4.39 Å². The van der Waals surface area contributed by atoms with Gasteiger partial charge in [0.2, 0.25) is 0 Å². The SMILES string of the molecule is O=C(NNC(=O)C(O)c1ccccc1)c1ccc(Cl)cc1F. The van der Waals surface area contributed by atoms with Crippen LogP contribution in [0, 0.1) is 5.82 Å². The highest BCUT2D eigenvalue weighted by Gasteiger charge is 2.18. The van der Waals surface area contributed by atoms with Gasteiger partial charge in [-0.1, -0.05) is 41.9 Å². The molecule has 0 aliphatic heterocycles. The average molecular weight is 323 g/mol. The maximum atomic E-state index is 13.5.